The van der Waals surface area contributed by atoms with E-state index < -0.39 is 90.0 Å². The van der Waals surface area contributed by atoms with Crippen LogP contribution in [0.1, 0.15) is 50.7 Å². The Morgan fingerprint density at radius 1 is 0.712 bits per heavy atom. The number of benzene rings is 4. The lowest BCUT2D eigenvalue weighted by atomic mass is 9.78. The molecular formula is C36H32O16. The quantitative estimate of drug-likeness (QED) is 0.135. The fourth-order valence-electron chi connectivity index (χ4n) is 6.58. The van der Waals surface area contributed by atoms with Crippen LogP contribution in [-0.4, -0.2) is 99.3 Å². The van der Waals surface area contributed by atoms with Crippen LogP contribution in [0.2, 0.25) is 0 Å². The van der Waals surface area contributed by atoms with Crippen molar-refractivity contribution in [3.8, 4) is 51.7 Å². The summed E-state index contributed by atoms with van der Waals surface area (Å²) in [7, 11) is 0. The van der Waals surface area contributed by atoms with Crippen molar-refractivity contribution in [2.45, 2.75) is 48.8 Å². The zero-order valence-corrected chi connectivity index (χ0v) is 26.6. The molecule has 52 heavy (non-hydrogen) atoms. The number of aromatic hydroxyl groups is 6. The van der Waals surface area contributed by atoms with Crippen molar-refractivity contribution in [2.75, 3.05) is 6.61 Å². The van der Waals surface area contributed by atoms with Gasteiger partial charge in [0.2, 0.25) is 6.29 Å². The molecule has 0 bridgehead atoms. The normalized spacial score (nSPS) is 26.7. The molecule has 16 heteroatoms. The minimum absolute atomic E-state index is 0.0999. The lowest BCUT2D eigenvalue weighted by Gasteiger charge is -2.39. The minimum atomic E-state index is -1.76. The summed E-state index contributed by atoms with van der Waals surface area (Å²) in [4.78, 5) is 14.3. The van der Waals surface area contributed by atoms with E-state index in [4.69, 9.17) is 18.9 Å². The van der Waals surface area contributed by atoms with E-state index >= 15 is 0 Å². The lowest BCUT2D eigenvalue weighted by molar-refractivity contribution is -0.277. The predicted molar refractivity (Wildman–Crippen MR) is 174 cm³/mol. The molecule has 0 saturated carbocycles. The summed E-state index contributed by atoms with van der Waals surface area (Å²) in [6.07, 6.45) is -9.71. The van der Waals surface area contributed by atoms with Crippen LogP contribution in [0.25, 0.3) is 5.76 Å². The number of rotatable bonds is 6. The number of ether oxygens (including phenoxy) is 4. The number of hydrogen-bond acceptors (Lipinski definition) is 16. The van der Waals surface area contributed by atoms with Crippen LogP contribution in [0, 0.1) is 0 Å². The van der Waals surface area contributed by atoms with Crippen molar-refractivity contribution in [1.29, 1.82) is 0 Å². The van der Waals surface area contributed by atoms with Crippen LogP contribution >= 0.6 is 0 Å². The molecule has 3 heterocycles. The molecule has 4 aromatic rings. The monoisotopic (exact) mass is 720 g/mol. The summed E-state index contributed by atoms with van der Waals surface area (Å²) < 4.78 is 23.2. The van der Waals surface area contributed by atoms with Crippen LogP contribution in [-0.2, 0) is 4.74 Å². The van der Waals surface area contributed by atoms with E-state index in [9.17, 15) is 61.0 Å². The molecule has 7 rings (SSSR count). The topological polar surface area (TPSA) is 277 Å². The van der Waals surface area contributed by atoms with Gasteiger partial charge in [0.25, 0.3) is 0 Å². The SMILES string of the molecule is O=C1c2c(O)cc(O)cc2OC(c2ccc(O)cc2)C1c1c(O)cc(O)c2c1OC(c1ccc(OC3OC(CO)C(O)C(O)C3O)c(O)c1)=CC2O. The van der Waals surface area contributed by atoms with Crippen molar-refractivity contribution in [2.24, 2.45) is 0 Å². The molecular weight excluding hydrogens is 688 g/mol. The van der Waals surface area contributed by atoms with E-state index in [1.54, 1.807) is 0 Å². The molecule has 3 aliphatic heterocycles. The molecule has 4 aromatic carbocycles. The average Bonchev–Trinajstić information content (AvgIpc) is 3.09. The van der Waals surface area contributed by atoms with Crippen molar-refractivity contribution in [3.63, 3.8) is 0 Å². The highest BCUT2D eigenvalue weighted by atomic mass is 16.7. The summed E-state index contributed by atoms with van der Waals surface area (Å²) >= 11 is 0. The molecule has 11 N–H and O–H groups in total. The fourth-order valence-corrected chi connectivity index (χ4v) is 6.58. The van der Waals surface area contributed by atoms with Gasteiger partial charge in [0.15, 0.2) is 17.3 Å². The van der Waals surface area contributed by atoms with Gasteiger partial charge in [-0.25, -0.2) is 0 Å². The molecule has 3 aliphatic rings. The molecule has 0 radical (unpaired) electrons. The largest absolute Gasteiger partial charge is 0.508 e. The van der Waals surface area contributed by atoms with Crippen molar-refractivity contribution < 1.29 is 79.9 Å². The molecule has 0 spiro atoms. The van der Waals surface area contributed by atoms with E-state index in [0.717, 1.165) is 24.3 Å². The van der Waals surface area contributed by atoms with Gasteiger partial charge in [-0.2, -0.15) is 0 Å². The number of fused-ring (bicyclic) bond motifs is 2. The molecule has 0 aromatic heterocycles. The summed E-state index contributed by atoms with van der Waals surface area (Å²) in [6, 6.07) is 12.3. The van der Waals surface area contributed by atoms with Crippen molar-refractivity contribution in [1.82, 2.24) is 0 Å². The summed E-state index contributed by atoms with van der Waals surface area (Å²) in [5.74, 6) is -6.12. The number of hydrogen-bond donors (Lipinski definition) is 11. The van der Waals surface area contributed by atoms with Crippen LogP contribution in [0.3, 0.4) is 0 Å². The van der Waals surface area contributed by atoms with Gasteiger partial charge in [0.1, 0.15) is 88.2 Å². The van der Waals surface area contributed by atoms with Gasteiger partial charge >= 0.3 is 0 Å². The maximum Gasteiger partial charge on any atom is 0.229 e. The highest BCUT2D eigenvalue weighted by Crippen LogP contribution is 2.56. The Morgan fingerprint density at radius 3 is 2.12 bits per heavy atom. The molecule has 0 amide bonds. The van der Waals surface area contributed by atoms with Gasteiger partial charge in [-0.15, -0.1) is 0 Å². The maximum atomic E-state index is 14.3. The van der Waals surface area contributed by atoms with Gasteiger partial charge < -0.3 is 75.1 Å². The molecule has 1 saturated heterocycles. The van der Waals surface area contributed by atoms with Gasteiger partial charge in [-0.05, 0) is 42.0 Å². The predicted octanol–water partition coefficient (Wildman–Crippen LogP) is 1.67. The first-order valence-corrected chi connectivity index (χ1v) is 15.8. The third kappa shape index (κ3) is 5.82. The maximum absolute atomic E-state index is 14.3. The molecule has 16 nitrogen and oxygen atoms in total. The summed E-state index contributed by atoms with van der Waals surface area (Å²) in [6.45, 7) is -0.705. The second kappa shape index (κ2) is 13.1. The first-order valence-electron chi connectivity index (χ1n) is 15.8. The number of carbonyl (C=O) groups is 1. The average molecular weight is 721 g/mol. The number of aliphatic hydroxyl groups is 5. The van der Waals surface area contributed by atoms with Crippen molar-refractivity contribution in [3.05, 3.63) is 94.6 Å². The Kier molecular flexibility index (Phi) is 8.74. The fraction of sp³-hybridized carbons (Fsp3) is 0.250. The Morgan fingerprint density at radius 2 is 1.42 bits per heavy atom. The third-order valence-electron chi connectivity index (χ3n) is 9.15. The highest BCUT2D eigenvalue weighted by Gasteiger charge is 2.47. The van der Waals surface area contributed by atoms with Gasteiger partial charge in [-0.1, -0.05) is 12.1 Å². The molecule has 1 fully saturated rings. The van der Waals surface area contributed by atoms with Gasteiger partial charge in [0.05, 0.1) is 23.7 Å². The van der Waals surface area contributed by atoms with Crippen LogP contribution < -0.4 is 14.2 Å². The van der Waals surface area contributed by atoms with E-state index in [2.05, 4.69) is 0 Å². The van der Waals surface area contributed by atoms with Crippen molar-refractivity contribution >= 4 is 11.5 Å². The molecule has 8 unspecified atom stereocenters. The standard InChI is InChI=1S/C36H32O16/c37-12-25-30(45)32(47)33(48)36(52-25)51-22-6-3-14(7-17(22)40)23-11-21(44)26-19(42)10-20(43)28(35(26)49-23)29-31(46)27-18(41)8-16(39)9-24(27)50-34(29)13-1-4-15(38)5-2-13/h1-11,21,25,29-30,32-34,36-45,47-48H,12H2. The lowest BCUT2D eigenvalue weighted by Crippen LogP contribution is -2.60. The molecule has 8 atom stereocenters. The van der Waals surface area contributed by atoms with Gasteiger partial charge in [-0.3, -0.25) is 4.79 Å². The van der Waals surface area contributed by atoms with Crippen LogP contribution in [0.4, 0.5) is 0 Å². The second-order valence-electron chi connectivity index (χ2n) is 12.5. The number of aliphatic hydroxyl groups excluding tert-OH is 5. The smallest absolute Gasteiger partial charge is 0.229 e. The second-order valence-corrected chi connectivity index (χ2v) is 12.5. The molecule has 0 aliphatic carbocycles. The number of phenols is 6. The number of ketones is 1. The summed E-state index contributed by atoms with van der Waals surface area (Å²) in [5, 5.41) is 115. The first-order chi connectivity index (χ1) is 24.8. The Balaban J connectivity index is 1.28. The van der Waals surface area contributed by atoms with E-state index in [1.807, 2.05) is 0 Å². The Hall–Kier alpha value is -5.75. The summed E-state index contributed by atoms with van der Waals surface area (Å²) in [5.41, 5.74) is -0.396. The van der Waals surface area contributed by atoms with E-state index in [-0.39, 0.29) is 51.0 Å². The third-order valence-corrected chi connectivity index (χ3v) is 9.15. The Bertz CT molecular complexity index is 2080. The number of phenolic OH excluding ortho intramolecular Hbond substituents is 6. The van der Waals surface area contributed by atoms with E-state index in [1.165, 1.54) is 42.5 Å². The van der Waals surface area contributed by atoms with Crippen LogP contribution in [0.5, 0.6) is 51.7 Å². The molecule has 272 valence electrons. The van der Waals surface area contributed by atoms with Gasteiger partial charge in [0, 0.05) is 23.8 Å². The number of Topliss-reactive ketones (excluding diaryl/α,β-unsaturated/α-hetero) is 1. The first kappa shape index (κ1) is 34.7. The zero-order chi connectivity index (χ0) is 37.2. The zero-order valence-electron chi connectivity index (χ0n) is 26.6. The highest BCUT2D eigenvalue weighted by molar-refractivity contribution is 6.08. The number of carbonyl (C=O) groups excluding carboxylic acids is 1. The Labute approximate surface area is 293 Å². The minimum Gasteiger partial charge on any atom is -0.508 e. The van der Waals surface area contributed by atoms with Crippen LogP contribution in [0.15, 0.2) is 66.7 Å². The van der Waals surface area contributed by atoms with E-state index in [0.29, 0.717) is 5.56 Å².